The number of piperidine rings is 1. The molecular formula is C17H21N3O4. The van der Waals surface area contributed by atoms with Crippen LogP contribution in [0.5, 0.6) is 0 Å². The van der Waals surface area contributed by atoms with Crippen LogP contribution >= 0.6 is 0 Å². The number of methoxy groups -OCH3 is 1. The summed E-state index contributed by atoms with van der Waals surface area (Å²) in [5.41, 5.74) is 2.48. The van der Waals surface area contributed by atoms with Crippen molar-refractivity contribution in [1.82, 2.24) is 10.6 Å². The van der Waals surface area contributed by atoms with Crippen molar-refractivity contribution < 1.29 is 19.1 Å². The van der Waals surface area contributed by atoms with E-state index in [0.717, 1.165) is 24.7 Å². The molecular weight excluding hydrogens is 310 g/mol. The van der Waals surface area contributed by atoms with E-state index < -0.39 is 6.09 Å². The predicted molar refractivity (Wildman–Crippen MR) is 87.1 cm³/mol. The molecule has 2 unspecified atom stereocenters. The fourth-order valence-electron chi connectivity index (χ4n) is 3.87. The average molecular weight is 331 g/mol. The molecule has 2 N–H and O–H groups in total. The van der Waals surface area contributed by atoms with Gasteiger partial charge in [-0.3, -0.25) is 4.90 Å². The summed E-state index contributed by atoms with van der Waals surface area (Å²) in [5.74, 6) is 0.758. The highest BCUT2D eigenvalue weighted by atomic mass is 16.6. The number of cyclic esters (lactones) is 1. The quantitative estimate of drug-likeness (QED) is 0.867. The Balaban J connectivity index is 1.41. The molecule has 24 heavy (non-hydrogen) atoms. The van der Waals surface area contributed by atoms with Crippen LogP contribution in [-0.2, 0) is 14.9 Å². The summed E-state index contributed by atoms with van der Waals surface area (Å²) in [7, 11) is 1.30. The topological polar surface area (TPSA) is 79.9 Å². The zero-order chi connectivity index (χ0) is 16.7. The minimum absolute atomic E-state index is 0.240. The second-order valence-corrected chi connectivity index (χ2v) is 6.72. The van der Waals surface area contributed by atoms with Crippen molar-refractivity contribution in [2.45, 2.75) is 17.9 Å². The summed E-state index contributed by atoms with van der Waals surface area (Å²) in [6, 6.07) is 8.20. The zero-order valence-corrected chi connectivity index (χ0v) is 13.6. The molecule has 128 valence electrons. The molecule has 1 aliphatic carbocycles. The summed E-state index contributed by atoms with van der Waals surface area (Å²) >= 11 is 0. The number of hydrogen-bond donors (Lipinski definition) is 2. The Hall–Kier alpha value is -2.28. The summed E-state index contributed by atoms with van der Waals surface area (Å²) in [5, 5.41) is 5.99. The van der Waals surface area contributed by atoms with Gasteiger partial charge in [0.05, 0.1) is 20.2 Å². The maximum absolute atomic E-state index is 12.1. The van der Waals surface area contributed by atoms with Crippen LogP contribution < -0.4 is 15.5 Å². The van der Waals surface area contributed by atoms with E-state index >= 15 is 0 Å². The molecule has 7 heteroatoms. The number of carbonyl (C=O) groups excluding carboxylic acids is 2. The van der Waals surface area contributed by atoms with Gasteiger partial charge in [-0.1, -0.05) is 12.1 Å². The Morgan fingerprint density at radius 3 is 2.88 bits per heavy atom. The van der Waals surface area contributed by atoms with Crippen LogP contribution in [0.3, 0.4) is 0 Å². The number of benzene rings is 1. The van der Waals surface area contributed by atoms with Gasteiger partial charge in [0.1, 0.15) is 6.10 Å². The van der Waals surface area contributed by atoms with E-state index in [2.05, 4.69) is 27.5 Å². The fourth-order valence-corrected chi connectivity index (χ4v) is 3.87. The largest absolute Gasteiger partial charge is 0.453 e. The molecule has 1 aromatic rings. The number of alkyl carbamates (subject to hydrolysis) is 1. The third kappa shape index (κ3) is 2.49. The number of carbonyl (C=O) groups is 2. The van der Waals surface area contributed by atoms with Crippen molar-refractivity contribution in [3.05, 3.63) is 29.8 Å². The molecule has 2 saturated heterocycles. The number of hydrogen-bond acceptors (Lipinski definition) is 5. The van der Waals surface area contributed by atoms with Crippen molar-refractivity contribution in [3.8, 4) is 0 Å². The summed E-state index contributed by atoms with van der Waals surface area (Å²) < 4.78 is 9.80. The second kappa shape index (κ2) is 5.66. The number of anilines is 1. The van der Waals surface area contributed by atoms with Crippen molar-refractivity contribution >= 4 is 17.9 Å². The van der Waals surface area contributed by atoms with E-state index in [1.807, 2.05) is 12.1 Å². The van der Waals surface area contributed by atoms with Crippen LogP contribution in [0.1, 0.15) is 12.0 Å². The minimum Gasteiger partial charge on any atom is -0.453 e. The summed E-state index contributed by atoms with van der Waals surface area (Å²) in [4.78, 5) is 24.8. The summed E-state index contributed by atoms with van der Waals surface area (Å²) in [6.45, 7) is 2.81. The second-order valence-electron chi connectivity index (χ2n) is 6.72. The normalized spacial score (nSPS) is 30.7. The van der Waals surface area contributed by atoms with Crippen molar-refractivity contribution in [2.24, 2.45) is 5.92 Å². The van der Waals surface area contributed by atoms with Gasteiger partial charge >= 0.3 is 12.2 Å². The molecule has 7 nitrogen and oxygen atoms in total. The Bertz CT molecular complexity index is 662. The number of rotatable bonds is 4. The fraction of sp³-hybridized carbons (Fsp3) is 0.529. The van der Waals surface area contributed by atoms with Gasteiger partial charge in [0.2, 0.25) is 0 Å². The average Bonchev–Trinajstić information content (AvgIpc) is 2.97. The van der Waals surface area contributed by atoms with Gasteiger partial charge in [0.25, 0.3) is 0 Å². The SMILES string of the molecule is COC(=O)NC[C@H]1CN(c2ccc(C34CNCC3C4)cc2)C(=O)O1. The van der Waals surface area contributed by atoms with Gasteiger partial charge in [-0.2, -0.15) is 0 Å². The first-order chi connectivity index (χ1) is 11.6. The molecule has 2 aliphatic heterocycles. The van der Waals surface area contributed by atoms with Crippen molar-refractivity contribution in [2.75, 3.05) is 38.2 Å². The number of nitrogens with zero attached hydrogens (tertiary/aromatic N) is 1. The van der Waals surface area contributed by atoms with Crippen LogP contribution in [-0.4, -0.2) is 51.6 Å². The zero-order valence-electron chi connectivity index (χ0n) is 13.6. The highest BCUT2D eigenvalue weighted by molar-refractivity contribution is 5.89. The van der Waals surface area contributed by atoms with E-state index in [-0.39, 0.29) is 18.7 Å². The van der Waals surface area contributed by atoms with Gasteiger partial charge in [-0.15, -0.1) is 0 Å². The van der Waals surface area contributed by atoms with E-state index in [1.165, 1.54) is 19.1 Å². The lowest BCUT2D eigenvalue weighted by atomic mass is 9.95. The Morgan fingerprint density at radius 1 is 1.46 bits per heavy atom. The number of nitrogens with one attached hydrogen (secondary N) is 2. The lowest BCUT2D eigenvalue weighted by molar-refractivity contribution is 0.132. The third-order valence-corrected chi connectivity index (χ3v) is 5.35. The molecule has 2 amide bonds. The highest BCUT2D eigenvalue weighted by Gasteiger charge is 2.57. The van der Waals surface area contributed by atoms with Crippen LogP contribution in [0.15, 0.2) is 24.3 Å². The summed E-state index contributed by atoms with van der Waals surface area (Å²) in [6.07, 6.45) is -0.0322. The van der Waals surface area contributed by atoms with E-state index in [1.54, 1.807) is 4.90 Å². The minimum atomic E-state index is -0.530. The van der Waals surface area contributed by atoms with Gasteiger partial charge < -0.3 is 20.1 Å². The monoisotopic (exact) mass is 331 g/mol. The molecule has 2 heterocycles. The van der Waals surface area contributed by atoms with Crippen molar-refractivity contribution in [3.63, 3.8) is 0 Å². The lowest BCUT2D eigenvalue weighted by Crippen LogP contribution is -2.34. The van der Waals surface area contributed by atoms with E-state index in [0.29, 0.717) is 12.0 Å². The first-order valence-corrected chi connectivity index (χ1v) is 8.23. The van der Waals surface area contributed by atoms with Gasteiger partial charge in [0.15, 0.2) is 0 Å². The maximum atomic E-state index is 12.1. The predicted octanol–water partition coefficient (Wildman–Crippen LogP) is 1.23. The van der Waals surface area contributed by atoms with Crippen LogP contribution in [0, 0.1) is 5.92 Å². The third-order valence-electron chi connectivity index (χ3n) is 5.35. The molecule has 1 aromatic carbocycles. The molecule has 1 saturated carbocycles. The van der Waals surface area contributed by atoms with Crippen molar-refractivity contribution in [1.29, 1.82) is 0 Å². The molecule has 3 aliphatic rings. The van der Waals surface area contributed by atoms with E-state index in [9.17, 15) is 9.59 Å². The first kappa shape index (κ1) is 15.3. The molecule has 4 rings (SSSR count). The smallest absolute Gasteiger partial charge is 0.414 e. The van der Waals surface area contributed by atoms with E-state index in [4.69, 9.17) is 4.74 Å². The standard InChI is InChI=1S/C17H21N3O4/c1-23-15(21)19-8-14-9-20(16(22)24-14)13-4-2-11(3-5-13)17-6-12(17)7-18-10-17/h2-5,12,14,18H,6-10H2,1H3,(H,19,21)/t12?,14-,17?/m0/s1. The molecule has 0 radical (unpaired) electrons. The Labute approximate surface area is 140 Å². The highest BCUT2D eigenvalue weighted by Crippen LogP contribution is 2.56. The van der Waals surface area contributed by atoms with Gasteiger partial charge in [0, 0.05) is 17.6 Å². The number of amides is 2. The number of ether oxygens (including phenoxy) is 2. The Kier molecular flexibility index (Phi) is 3.60. The maximum Gasteiger partial charge on any atom is 0.414 e. The first-order valence-electron chi connectivity index (χ1n) is 8.23. The van der Waals surface area contributed by atoms with Crippen LogP contribution in [0.25, 0.3) is 0 Å². The molecule has 0 aromatic heterocycles. The van der Waals surface area contributed by atoms with Gasteiger partial charge in [-0.05, 0) is 36.6 Å². The van der Waals surface area contributed by atoms with Gasteiger partial charge in [-0.25, -0.2) is 9.59 Å². The lowest BCUT2D eigenvalue weighted by Gasteiger charge is -2.16. The van der Waals surface area contributed by atoms with Crippen LogP contribution in [0.4, 0.5) is 15.3 Å². The molecule has 3 atom stereocenters. The van der Waals surface area contributed by atoms with Crippen LogP contribution in [0.2, 0.25) is 0 Å². The molecule has 0 spiro atoms. The molecule has 0 bridgehead atoms. The molecule has 3 fully saturated rings. The number of fused-ring (bicyclic) bond motifs is 1. The Morgan fingerprint density at radius 2 is 2.25 bits per heavy atom.